The van der Waals surface area contributed by atoms with Crippen molar-refractivity contribution in [2.24, 2.45) is 0 Å². The molecule has 1 amide bonds. The van der Waals surface area contributed by atoms with Gasteiger partial charge in [0.15, 0.2) is 0 Å². The summed E-state index contributed by atoms with van der Waals surface area (Å²) in [5.41, 5.74) is 4.59. The lowest BCUT2D eigenvalue weighted by Crippen LogP contribution is -2.14. The van der Waals surface area contributed by atoms with E-state index in [0.717, 1.165) is 37.7 Å². The number of aromatic nitrogens is 3. The number of amides is 1. The first-order valence-corrected chi connectivity index (χ1v) is 10.6. The van der Waals surface area contributed by atoms with Gasteiger partial charge in [-0.15, -0.1) is 21.5 Å². The predicted octanol–water partition coefficient (Wildman–Crippen LogP) is 5.10. The number of aryl methyl sites for hydroxylation is 2. The first kappa shape index (κ1) is 18.6. The highest BCUT2D eigenvalue weighted by Crippen LogP contribution is 2.35. The molecule has 4 rings (SSSR count). The molecule has 0 bridgehead atoms. The number of benzene rings is 2. The van der Waals surface area contributed by atoms with Crippen LogP contribution in [0.15, 0.2) is 59.6 Å². The summed E-state index contributed by atoms with van der Waals surface area (Å²) in [4.78, 5) is 16.9. The van der Waals surface area contributed by atoms with Crippen molar-refractivity contribution in [2.45, 2.75) is 18.9 Å². The van der Waals surface area contributed by atoms with E-state index in [1.807, 2.05) is 68.4 Å². The van der Waals surface area contributed by atoms with Gasteiger partial charge in [0.25, 0.3) is 0 Å². The van der Waals surface area contributed by atoms with Gasteiger partial charge in [0.1, 0.15) is 16.2 Å². The molecular weight excluding hydrogens is 388 g/mol. The van der Waals surface area contributed by atoms with Crippen LogP contribution in [0.25, 0.3) is 21.5 Å². The number of nitrogens with zero attached hydrogens (tertiary/aromatic N) is 3. The zero-order valence-corrected chi connectivity index (χ0v) is 17.1. The molecule has 7 heteroatoms. The lowest BCUT2D eigenvalue weighted by atomic mass is 10.1. The summed E-state index contributed by atoms with van der Waals surface area (Å²) < 4.78 is 1.00. The fourth-order valence-electron chi connectivity index (χ4n) is 2.77. The third-order valence-corrected chi connectivity index (χ3v) is 6.05. The number of fused-ring (bicyclic) bond motifs is 1. The first-order chi connectivity index (χ1) is 13.6. The summed E-state index contributed by atoms with van der Waals surface area (Å²) >= 11 is 2.95. The fraction of sp³-hybridized carbons (Fsp3) is 0.143. The third-order valence-electron chi connectivity index (χ3n) is 4.12. The molecule has 0 saturated heterocycles. The molecule has 2 heterocycles. The molecule has 0 saturated carbocycles. The van der Waals surface area contributed by atoms with E-state index in [2.05, 4.69) is 20.5 Å². The molecule has 28 heavy (non-hydrogen) atoms. The Morgan fingerprint density at radius 2 is 1.79 bits per heavy atom. The van der Waals surface area contributed by atoms with Crippen LogP contribution in [0.1, 0.15) is 10.6 Å². The van der Waals surface area contributed by atoms with Crippen LogP contribution < -0.4 is 5.32 Å². The molecule has 2 aromatic heterocycles. The largest absolute Gasteiger partial charge is 0.325 e. The van der Waals surface area contributed by atoms with E-state index >= 15 is 0 Å². The van der Waals surface area contributed by atoms with Gasteiger partial charge >= 0.3 is 0 Å². The van der Waals surface area contributed by atoms with Crippen molar-refractivity contribution < 1.29 is 4.79 Å². The molecular formula is C21H18N4OS2. The molecule has 0 aliphatic heterocycles. The Kier molecular flexibility index (Phi) is 5.36. The van der Waals surface area contributed by atoms with Crippen molar-refractivity contribution in [3.63, 3.8) is 0 Å². The normalized spacial score (nSPS) is 10.9. The number of rotatable bonds is 5. The van der Waals surface area contributed by atoms with Gasteiger partial charge in [0.2, 0.25) is 5.91 Å². The number of hydrogen-bond donors (Lipinski definition) is 1. The van der Waals surface area contributed by atoms with E-state index in [1.54, 1.807) is 11.3 Å². The fourth-order valence-corrected chi connectivity index (χ4v) is 4.48. The summed E-state index contributed by atoms with van der Waals surface area (Å²) in [6.45, 7) is 3.98. The number of hydrogen-bond acceptors (Lipinski definition) is 6. The van der Waals surface area contributed by atoms with Crippen molar-refractivity contribution in [1.29, 1.82) is 0 Å². The quantitative estimate of drug-likeness (QED) is 0.467. The van der Waals surface area contributed by atoms with Gasteiger partial charge in [-0.2, -0.15) is 0 Å². The zero-order valence-electron chi connectivity index (χ0n) is 15.5. The molecule has 4 aromatic rings. The predicted molar refractivity (Wildman–Crippen MR) is 116 cm³/mol. The van der Waals surface area contributed by atoms with Crippen LogP contribution in [0, 0.1) is 13.8 Å². The maximum Gasteiger partial charge on any atom is 0.234 e. The van der Waals surface area contributed by atoms with Crippen molar-refractivity contribution in [3.05, 3.63) is 65.2 Å². The highest BCUT2D eigenvalue weighted by molar-refractivity contribution is 8.00. The minimum absolute atomic E-state index is 0.0807. The van der Waals surface area contributed by atoms with Crippen molar-refractivity contribution >= 4 is 44.9 Å². The van der Waals surface area contributed by atoms with E-state index in [4.69, 9.17) is 0 Å². The highest BCUT2D eigenvalue weighted by atomic mass is 32.2. The Morgan fingerprint density at radius 3 is 2.54 bits per heavy atom. The van der Waals surface area contributed by atoms with E-state index in [-0.39, 0.29) is 11.7 Å². The number of thioether (sulfide) groups is 1. The second kappa shape index (κ2) is 8.08. The standard InChI is InChI=1S/C21H18N4OS2/c1-13-8-10-16(11-9-13)23-17(26)12-27-21-19-20(28-14(2)22-19)18(24-25-21)15-6-4-3-5-7-15/h3-11H,12H2,1-2H3,(H,23,26). The molecule has 0 atom stereocenters. The molecule has 1 N–H and O–H groups in total. The van der Waals surface area contributed by atoms with E-state index in [0.29, 0.717) is 5.03 Å². The number of carbonyl (C=O) groups is 1. The van der Waals surface area contributed by atoms with Crippen LogP contribution >= 0.6 is 23.1 Å². The van der Waals surface area contributed by atoms with E-state index in [1.165, 1.54) is 11.8 Å². The Bertz CT molecular complexity index is 1120. The maximum absolute atomic E-state index is 12.3. The van der Waals surface area contributed by atoms with E-state index in [9.17, 15) is 4.79 Å². The van der Waals surface area contributed by atoms with Crippen LogP contribution in [0.2, 0.25) is 0 Å². The second-order valence-electron chi connectivity index (χ2n) is 6.33. The van der Waals surface area contributed by atoms with Gasteiger partial charge in [-0.25, -0.2) is 4.98 Å². The van der Waals surface area contributed by atoms with Gasteiger partial charge in [-0.1, -0.05) is 59.8 Å². The van der Waals surface area contributed by atoms with Gasteiger partial charge in [0, 0.05) is 11.3 Å². The highest BCUT2D eigenvalue weighted by Gasteiger charge is 2.16. The van der Waals surface area contributed by atoms with Crippen LogP contribution in [-0.4, -0.2) is 26.8 Å². The molecule has 140 valence electrons. The Labute approximate surface area is 171 Å². The minimum Gasteiger partial charge on any atom is -0.325 e. The summed E-state index contributed by atoms with van der Waals surface area (Å²) in [6, 6.07) is 17.7. The third kappa shape index (κ3) is 4.05. The Hall–Kier alpha value is -2.77. The summed E-state index contributed by atoms with van der Waals surface area (Å²) in [6.07, 6.45) is 0. The zero-order chi connectivity index (χ0) is 19.5. The van der Waals surface area contributed by atoms with Crippen LogP contribution in [0.4, 0.5) is 5.69 Å². The summed E-state index contributed by atoms with van der Waals surface area (Å²) in [5, 5.41) is 13.3. The summed E-state index contributed by atoms with van der Waals surface area (Å²) in [7, 11) is 0. The Balaban J connectivity index is 1.54. The lowest BCUT2D eigenvalue weighted by molar-refractivity contribution is -0.113. The molecule has 0 fully saturated rings. The molecule has 2 aromatic carbocycles. The van der Waals surface area contributed by atoms with Gasteiger partial charge in [-0.3, -0.25) is 4.79 Å². The second-order valence-corrected chi connectivity index (χ2v) is 8.50. The number of carbonyl (C=O) groups excluding carboxylic acids is 1. The SMILES string of the molecule is Cc1ccc(NC(=O)CSc2nnc(-c3ccccc3)c3sc(C)nc23)cc1. The molecule has 0 aliphatic rings. The van der Waals surface area contributed by atoms with Gasteiger partial charge in [-0.05, 0) is 26.0 Å². The number of anilines is 1. The average Bonchev–Trinajstić information content (AvgIpc) is 3.10. The smallest absolute Gasteiger partial charge is 0.234 e. The maximum atomic E-state index is 12.3. The monoisotopic (exact) mass is 406 g/mol. The minimum atomic E-state index is -0.0807. The van der Waals surface area contributed by atoms with Crippen molar-refractivity contribution in [3.8, 4) is 11.3 Å². The molecule has 0 unspecified atom stereocenters. The van der Waals surface area contributed by atoms with Crippen molar-refractivity contribution in [1.82, 2.24) is 15.2 Å². The molecule has 0 spiro atoms. The molecule has 0 radical (unpaired) electrons. The topological polar surface area (TPSA) is 67.8 Å². The van der Waals surface area contributed by atoms with E-state index < -0.39 is 0 Å². The molecule has 5 nitrogen and oxygen atoms in total. The van der Waals surface area contributed by atoms with Gasteiger partial charge < -0.3 is 5.32 Å². The van der Waals surface area contributed by atoms with Crippen LogP contribution in [0.5, 0.6) is 0 Å². The van der Waals surface area contributed by atoms with Crippen LogP contribution in [-0.2, 0) is 4.79 Å². The van der Waals surface area contributed by atoms with Crippen molar-refractivity contribution in [2.75, 3.05) is 11.1 Å². The van der Waals surface area contributed by atoms with Crippen LogP contribution in [0.3, 0.4) is 0 Å². The Morgan fingerprint density at radius 1 is 1.04 bits per heavy atom. The molecule has 0 aliphatic carbocycles. The lowest BCUT2D eigenvalue weighted by Gasteiger charge is -2.06. The average molecular weight is 407 g/mol. The first-order valence-electron chi connectivity index (χ1n) is 8.79. The number of thiazole rings is 1. The summed E-state index contributed by atoms with van der Waals surface area (Å²) in [5.74, 6) is 0.168. The number of nitrogens with one attached hydrogen (secondary N) is 1. The van der Waals surface area contributed by atoms with Gasteiger partial charge in [0.05, 0.1) is 15.5 Å².